The van der Waals surface area contributed by atoms with Crippen LogP contribution in [-0.2, 0) is 4.79 Å². The van der Waals surface area contributed by atoms with E-state index in [9.17, 15) is 4.79 Å². The van der Waals surface area contributed by atoms with E-state index in [1.807, 2.05) is 30.3 Å². The average Bonchev–Trinajstić information content (AvgIpc) is 3.19. The van der Waals surface area contributed by atoms with Gasteiger partial charge in [0, 0.05) is 24.8 Å². The number of piperidine rings is 1. The van der Waals surface area contributed by atoms with Gasteiger partial charge in [-0.3, -0.25) is 9.69 Å². The van der Waals surface area contributed by atoms with E-state index < -0.39 is 0 Å². The Labute approximate surface area is 172 Å². The second-order valence-corrected chi connectivity index (χ2v) is 7.34. The number of carbonyl (C=O) groups is 1. The summed E-state index contributed by atoms with van der Waals surface area (Å²) >= 11 is 0. The van der Waals surface area contributed by atoms with Gasteiger partial charge < -0.3 is 16.0 Å². The lowest BCUT2D eigenvalue weighted by molar-refractivity contribution is -0.117. The monoisotopic (exact) mass is 469 g/mol. The summed E-state index contributed by atoms with van der Waals surface area (Å²) in [6.07, 6.45) is 5.86. The highest BCUT2D eigenvalue weighted by Crippen LogP contribution is 2.25. The Hall–Kier alpha value is -1.35. The van der Waals surface area contributed by atoms with Gasteiger partial charge >= 0.3 is 0 Å². The number of nitrogens with zero attached hydrogens (tertiary/aromatic N) is 2. The second kappa shape index (κ2) is 9.03. The number of para-hydroxylation sites is 1. The van der Waals surface area contributed by atoms with Crippen molar-refractivity contribution in [1.82, 2.24) is 15.5 Å². The van der Waals surface area contributed by atoms with E-state index in [4.69, 9.17) is 4.99 Å². The number of nitrogens with one attached hydrogen (secondary N) is 3. The molecule has 3 N–H and O–H groups in total. The Morgan fingerprint density at radius 3 is 2.65 bits per heavy atom. The number of likely N-dealkylation sites (tertiary alicyclic amines) is 1. The maximum atomic E-state index is 12.2. The standard InChI is InChI=1S/C19H27N5O.HI/c25-18(20-14-5-2-1-3-6-14)13-24-11-9-15(10-12-24)21-19-22-16-7-4-8-17(16)23-19;/h1-3,5-6,15-17H,4,7-13H2,(H,20,25)(H2,21,22,23);1H. The zero-order valence-electron chi connectivity index (χ0n) is 15.0. The van der Waals surface area contributed by atoms with Crippen LogP contribution in [0.1, 0.15) is 32.1 Å². The molecule has 142 valence electrons. The molecule has 2 aliphatic heterocycles. The summed E-state index contributed by atoms with van der Waals surface area (Å²) in [5.74, 6) is 1.06. The van der Waals surface area contributed by atoms with Crippen molar-refractivity contribution in [3.05, 3.63) is 30.3 Å². The van der Waals surface area contributed by atoms with Gasteiger partial charge in [0.25, 0.3) is 0 Å². The Morgan fingerprint density at radius 2 is 1.92 bits per heavy atom. The van der Waals surface area contributed by atoms with Crippen LogP contribution in [0.5, 0.6) is 0 Å². The number of aliphatic imine (C=N–C) groups is 1. The summed E-state index contributed by atoms with van der Waals surface area (Å²) in [6, 6.07) is 11.1. The number of hydrogen-bond donors (Lipinski definition) is 3. The van der Waals surface area contributed by atoms with E-state index in [2.05, 4.69) is 20.9 Å². The fourth-order valence-electron chi connectivity index (χ4n) is 4.07. The van der Waals surface area contributed by atoms with Gasteiger partial charge in [-0.25, -0.2) is 4.99 Å². The zero-order chi connectivity index (χ0) is 17.1. The van der Waals surface area contributed by atoms with Crippen LogP contribution in [0, 0.1) is 0 Å². The highest BCUT2D eigenvalue weighted by Gasteiger charge is 2.33. The number of amides is 1. The molecule has 1 saturated carbocycles. The first-order chi connectivity index (χ1) is 12.3. The number of guanidine groups is 1. The van der Waals surface area contributed by atoms with Crippen LogP contribution in [0.25, 0.3) is 0 Å². The maximum Gasteiger partial charge on any atom is 0.238 e. The molecule has 0 radical (unpaired) electrons. The minimum atomic E-state index is 0. The fourth-order valence-corrected chi connectivity index (χ4v) is 4.07. The number of carbonyl (C=O) groups excluding carboxylic acids is 1. The number of hydrogen-bond acceptors (Lipinski definition) is 5. The molecule has 3 aliphatic rings. The number of benzene rings is 1. The van der Waals surface area contributed by atoms with Crippen LogP contribution < -0.4 is 16.0 Å². The van der Waals surface area contributed by atoms with Crippen LogP contribution >= 0.6 is 24.0 Å². The predicted molar refractivity (Wildman–Crippen MR) is 115 cm³/mol. The number of anilines is 1. The van der Waals surface area contributed by atoms with Gasteiger partial charge in [-0.15, -0.1) is 24.0 Å². The van der Waals surface area contributed by atoms with Crippen molar-refractivity contribution in [2.45, 2.75) is 50.2 Å². The molecular formula is C19H28IN5O. The molecule has 4 rings (SSSR count). The third-order valence-electron chi connectivity index (χ3n) is 5.45. The summed E-state index contributed by atoms with van der Waals surface area (Å²) < 4.78 is 0. The van der Waals surface area contributed by atoms with Crippen LogP contribution in [0.4, 0.5) is 5.69 Å². The van der Waals surface area contributed by atoms with Crippen molar-refractivity contribution in [2.75, 3.05) is 25.0 Å². The molecule has 1 aliphatic carbocycles. The van der Waals surface area contributed by atoms with Gasteiger partial charge in [0.05, 0.1) is 18.6 Å². The van der Waals surface area contributed by atoms with Crippen molar-refractivity contribution in [2.24, 2.45) is 4.99 Å². The minimum Gasteiger partial charge on any atom is -0.354 e. The molecule has 1 aromatic rings. The third-order valence-corrected chi connectivity index (χ3v) is 5.45. The molecule has 6 nitrogen and oxygen atoms in total. The number of rotatable bonds is 4. The summed E-state index contributed by atoms with van der Waals surface area (Å²) in [5, 5.41) is 10.1. The Balaban J connectivity index is 0.00000196. The van der Waals surface area contributed by atoms with Crippen molar-refractivity contribution < 1.29 is 4.79 Å². The number of fused-ring (bicyclic) bond motifs is 1. The molecule has 0 aromatic heterocycles. The van der Waals surface area contributed by atoms with Gasteiger partial charge in [-0.2, -0.15) is 0 Å². The minimum absolute atomic E-state index is 0. The first kappa shape index (κ1) is 19.4. The van der Waals surface area contributed by atoms with E-state index in [-0.39, 0.29) is 29.9 Å². The fraction of sp³-hybridized carbons (Fsp3) is 0.579. The van der Waals surface area contributed by atoms with Crippen LogP contribution in [0.2, 0.25) is 0 Å². The molecule has 2 atom stereocenters. The summed E-state index contributed by atoms with van der Waals surface area (Å²) in [6.45, 7) is 2.35. The van der Waals surface area contributed by atoms with Crippen molar-refractivity contribution in [1.29, 1.82) is 0 Å². The zero-order valence-corrected chi connectivity index (χ0v) is 17.3. The van der Waals surface area contributed by atoms with Crippen LogP contribution in [-0.4, -0.2) is 54.5 Å². The summed E-state index contributed by atoms with van der Waals surface area (Å²) in [5.41, 5.74) is 0.861. The lowest BCUT2D eigenvalue weighted by atomic mass is 10.1. The first-order valence-corrected chi connectivity index (χ1v) is 9.44. The van der Waals surface area contributed by atoms with E-state index in [1.54, 1.807) is 0 Å². The van der Waals surface area contributed by atoms with Gasteiger partial charge in [0.1, 0.15) is 0 Å². The SMILES string of the molecule is I.O=C(CN1CCC(NC2=NC3CCCC3N2)CC1)Nc1ccccc1. The Kier molecular flexibility index (Phi) is 6.74. The highest BCUT2D eigenvalue weighted by molar-refractivity contribution is 14.0. The normalized spacial score (nSPS) is 25.6. The lowest BCUT2D eigenvalue weighted by Gasteiger charge is -2.32. The third kappa shape index (κ3) is 4.88. The quantitative estimate of drug-likeness (QED) is 0.592. The van der Waals surface area contributed by atoms with Crippen LogP contribution in [0.3, 0.4) is 0 Å². The predicted octanol–water partition coefficient (Wildman–Crippen LogP) is 2.18. The van der Waals surface area contributed by atoms with Crippen molar-refractivity contribution in [3.8, 4) is 0 Å². The van der Waals surface area contributed by atoms with E-state index in [1.165, 1.54) is 19.3 Å². The molecule has 1 aromatic carbocycles. The summed E-state index contributed by atoms with van der Waals surface area (Å²) in [7, 11) is 0. The highest BCUT2D eigenvalue weighted by atomic mass is 127. The molecule has 2 unspecified atom stereocenters. The van der Waals surface area contributed by atoms with Gasteiger partial charge in [-0.05, 0) is 44.2 Å². The second-order valence-electron chi connectivity index (χ2n) is 7.34. The van der Waals surface area contributed by atoms with Crippen LogP contribution in [0.15, 0.2) is 35.3 Å². The molecule has 0 spiro atoms. The van der Waals surface area contributed by atoms with E-state index >= 15 is 0 Å². The summed E-state index contributed by atoms with van der Waals surface area (Å²) in [4.78, 5) is 19.2. The first-order valence-electron chi connectivity index (χ1n) is 9.44. The molecule has 2 heterocycles. The van der Waals surface area contributed by atoms with E-state index in [0.717, 1.165) is 37.6 Å². The van der Waals surface area contributed by atoms with E-state index in [0.29, 0.717) is 24.7 Å². The molecule has 26 heavy (non-hydrogen) atoms. The smallest absolute Gasteiger partial charge is 0.238 e. The van der Waals surface area contributed by atoms with Gasteiger partial charge in [0.2, 0.25) is 5.91 Å². The maximum absolute atomic E-state index is 12.2. The topological polar surface area (TPSA) is 68.8 Å². The molecule has 0 bridgehead atoms. The Bertz CT molecular complexity index is 630. The molecule has 1 amide bonds. The number of halogens is 1. The van der Waals surface area contributed by atoms with Crippen molar-refractivity contribution >= 4 is 41.5 Å². The molecule has 2 fully saturated rings. The molecule has 1 saturated heterocycles. The lowest BCUT2D eigenvalue weighted by Crippen LogP contribution is -2.49. The van der Waals surface area contributed by atoms with Gasteiger partial charge in [0.15, 0.2) is 5.96 Å². The molecule has 7 heteroatoms. The van der Waals surface area contributed by atoms with Crippen molar-refractivity contribution in [3.63, 3.8) is 0 Å². The van der Waals surface area contributed by atoms with Gasteiger partial charge in [-0.1, -0.05) is 18.2 Å². The average molecular weight is 469 g/mol. The largest absolute Gasteiger partial charge is 0.354 e. The molecular weight excluding hydrogens is 441 g/mol. The Morgan fingerprint density at radius 1 is 1.15 bits per heavy atom.